The molecule has 0 saturated carbocycles. The van der Waals surface area contributed by atoms with E-state index in [4.69, 9.17) is 0 Å². The molecule has 1 rings (SSSR count). The Bertz CT molecular complexity index is 232. The maximum absolute atomic E-state index is 10.2. The summed E-state index contributed by atoms with van der Waals surface area (Å²) in [6, 6.07) is 9.08. The largest absolute Gasteiger partial charge is 1.00 e. The first kappa shape index (κ1) is 29.4. The smallest absolute Gasteiger partial charge is 0.772 e. The minimum Gasteiger partial charge on any atom is -0.772 e. The summed E-state index contributed by atoms with van der Waals surface area (Å²) in [7, 11) is 0. The fraction of sp³-hybridized carbons (Fsp3) is 0.143. The maximum Gasteiger partial charge on any atom is 1.00 e. The van der Waals surface area contributed by atoms with Crippen LogP contribution in [0.3, 0.4) is 0 Å². The van der Waals surface area contributed by atoms with Gasteiger partial charge in [0.2, 0.25) is 0 Å². The SMILES string of the molecule is O.O.O.O.O=S([O-])Cc1ccccc1.[Na+]. The van der Waals surface area contributed by atoms with Crippen molar-refractivity contribution in [1.82, 2.24) is 0 Å². The third-order valence-corrected chi connectivity index (χ3v) is 1.70. The Labute approximate surface area is 113 Å². The fourth-order valence-electron chi connectivity index (χ4n) is 0.710. The maximum atomic E-state index is 10.2. The molecule has 0 heterocycles. The molecule has 0 aliphatic heterocycles. The summed E-state index contributed by atoms with van der Waals surface area (Å²) < 4.78 is 20.3. The predicted octanol–water partition coefficient (Wildman–Crippen LogP) is -5.23. The average Bonchev–Trinajstić information content (AvgIpc) is 1.88. The zero-order valence-corrected chi connectivity index (χ0v) is 11.1. The number of hydrogen-bond donors (Lipinski definition) is 0. The molecular formula is C7H15NaO6S. The van der Waals surface area contributed by atoms with Crippen molar-refractivity contribution in [3.05, 3.63) is 35.9 Å². The van der Waals surface area contributed by atoms with Gasteiger partial charge in [0.05, 0.1) is 0 Å². The molecule has 0 aliphatic carbocycles. The molecule has 0 saturated heterocycles. The molecule has 1 aromatic carbocycles. The van der Waals surface area contributed by atoms with Crippen LogP contribution < -0.4 is 29.6 Å². The standard InChI is InChI=1S/C7H8O2S.Na.4H2O/c8-10(9)6-7-4-2-1-3-5-7;;;;;/h1-5H,6H2,(H,8,9);;4*1H2/q;+1;;;;/p-1. The molecular weight excluding hydrogens is 235 g/mol. The normalized spacial score (nSPS) is 8.60. The van der Waals surface area contributed by atoms with E-state index < -0.39 is 11.1 Å². The summed E-state index contributed by atoms with van der Waals surface area (Å²) in [4.78, 5) is 0. The Morgan fingerprint density at radius 3 is 1.73 bits per heavy atom. The van der Waals surface area contributed by atoms with Crippen molar-refractivity contribution in [1.29, 1.82) is 0 Å². The van der Waals surface area contributed by atoms with Crippen molar-refractivity contribution in [2.45, 2.75) is 5.75 Å². The number of rotatable bonds is 2. The van der Waals surface area contributed by atoms with Gasteiger partial charge in [-0.05, 0) is 5.56 Å². The molecule has 0 radical (unpaired) electrons. The van der Waals surface area contributed by atoms with E-state index in [2.05, 4.69) is 0 Å². The van der Waals surface area contributed by atoms with E-state index >= 15 is 0 Å². The van der Waals surface area contributed by atoms with Crippen LogP contribution in [0, 0.1) is 0 Å². The number of benzene rings is 1. The topological polar surface area (TPSA) is 166 Å². The van der Waals surface area contributed by atoms with Gasteiger partial charge in [0.25, 0.3) is 0 Å². The summed E-state index contributed by atoms with van der Waals surface area (Å²) in [5.74, 6) is 0.112. The van der Waals surface area contributed by atoms with Crippen molar-refractivity contribution < 1.29 is 60.2 Å². The van der Waals surface area contributed by atoms with Crippen LogP contribution in [-0.4, -0.2) is 30.7 Å². The van der Waals surface area contributed by atoms with Gasteiger partial charge >= 0.3 is 29.6 Å². The molecule has 0 fully saturated rings. The van der Waals surface area contributed by atoms with Crippen LogP contribution >= 0.6 is 0 Å². The first-order chi connectivity index (χ1) is 4.79. The molecule has 1 unspecified atom stereocenters. The summed E-state index contributed by atoms with van der Waals surface area (Å²) in [5.41, 5.74) is 0.829. The van der Waals surface area contributed by atoms with Gasteiger partial charge in [-0.1, -0.05) is 41.4 Å². The molecule has 0 spiro atoms. The minimum absolute atomic E-state index is 0. The van der Waals surface area contributed by atoms with Crippen molar-refractivity contribution in [2.75, 3.05) is 0 Å². The van der Waals surface area contributed by atoms with Crippen molar-refractivity contribution in [3.63, 3.8) is 0 Å². The minimum atomic E-state index is -1.97. The monoisotopic (exact) mass is 250 g/mol. The van der Waals surface area contributed by atoms with Gasteiger partial charge in [0.15, 0.2) is 0 Å². The second-order valence-corrected chi connectivity index (χ2v) is 2.83. The van der Waals surface area contributed by atoms with Gasteiger partial charge in [-0.25, -0.2) is 0 Å². The van der Waals surface area contributed by atoms with Gasteiger partial charge in [0, 0.05) is 5.75 Å². The van der Waals surface area contributed by atoms with Gasteiger partial charge in [-0.2, -0.15) is 0 Å². The zero-order chi connectivity index (χ0) is 7.40. The molecule has 1 aromatic rings. The van der Waals surface area contributed by atoms with Crippen LogP contribution in [0.1, 0.15) is 5.56 Å². The van der Waals surface area contributed by atoms with Crippen molar-refractivity contribution in [2.24, 2.45) is 0 Å². The Balaban J connectivity index is -0.0000000667. The van der Waals surface area contributed by atoms with Crippen LogP contribution in [0.4, 0.5) is 0 Å². The first-order valence-corrected chi connectivity index (χ1v) is 4.13. The molecule has 8 N–H and O–H groups in total. The average molecular weight is 250 g/mol. The molecule has 15 heavy (non-hydrogen) atoms. The zero-order valence-electron chi connectivity index (χ0n) is 8.32. The molecule has 0 bridgehead atoms. The summed E-state index contributed by atoms with van der Waals surface area (Å²) in [6.45, 7) is 0. The van der Waals surface area contributed by atoms with E-state index in [1.165, 1.54) is 0 Å². The van der Waals surface area contributed by atoms with Crippen molar-refractivity contribution in [3.8, 4) is 0 Å². The number of hydrogen-bond acceptors (Lipinski definition) is 2. The van der Waals surface area contributed by atoms with Crippen LogP contribution in [0.15, 0.2) is 30.3 Å². The molecule has 8 heteroatoms. The van der Waals surface area contributed by atoms with E-state index in [9.17, 15) is 8.76 Å². The molecule has 0 aromatic heterocycles. The predicted molar refractivity (Wildman–Crippen MR) is 53.5 cm³/mol. The van der Waals surface area contributed by atoms with Crippen LogP contribution in [0.5, 0.6) is 0 Å². The summed E-state index contributed by atoms with van der Waals surface area (Å²) in [6.07, 6.45) is 0. The quantitative estimate of drug-likeness (QED) is 0.378. The Morgan fingerprint density at radius 1 is 1.00 bits per heavy atom. The molecule has 1 atom stereocenters. The molecule has 0 aliphatic rings. The van der Waals surface area contributed by atoms with Gasteiger partial charge < -0.3 is 26.5 Å². The Hall–Kier alpha value is 0.170. The van der Waals surface area contributed by atoms with E-state index in [0.29, 0.717) is 0 Å². The van der Waals surface area contributed by atoms with Crippen LogP contribution in [0.25, 0.3) is 0 Å². The first-order valence-electron chi connectivity index (χ1n) is 2.89. The third kappa shape index (κ3) is 14.2. The van der Waals surface area contributed by atoms with E-state index in [1.54, 1.807) is 12.1 Å². The van der Waals surface area contributed by atoms with Gasteiger partial charge in [0.1, 0.15) is 0 Å². The molecule has 0 amide bonds. The Kier molecular flexibility index (Phi) is 32.6. The molecule has 6 nitrogen and oxygen atoms in total. The fourth-order valence-corrected chi connectivity index (χ4v) is 1.17. The van der Waals surface area contributed by atoms with E-state index in [1.807, 2.05) is 18.2 Å². The second-order valence-electron chi connectivity index (χ2n) is 1.93. The second kappa shape index (κ2) is 16.6. The van der Waals surface area contributed by atoms with Crippen LogP contribution in [-0.2, 0) is 16.8 Å². The molecule has 86 valence electrons. The van der Waals surface area contributed by atoms with Crippen molar-refractivity contribution >= 4 is 11.1 Å². The van der Waals surface area contributed by atoms with E-state index in [0.717, 1.165) is 5.56 Å². The summed E-state index contributed by atoms with van der Waals surface area (Å²) in [5, 5.41) is 0. The van der Waals surface area contributed by atoms with Crippen LogP contribution in [0.2, 0.25) is 0 Å². The van der Waals surface area contributed by atoms with E-state index in [-0.39, 0.29) is 57.2 Å². The third-order valence-electron chi connectivity index (χ3n) is 1.13. The Morgan fingerprint density at radius 2 is 1.40 bits per heavy atom. The summed E-state index contributed by atoms with van der Waals surface area (Å²) >= 11 is -1.97. The van der Waals surface area contributed by atoms with Gasteiger partial charge in [-0.15, -0.1) is 0 Å². The van der Waals surface area contributed by atoms with Gasteiger partial charge in [-0.3, -0.25) is 4.21 Å².